The summed E-state index contributed by atoms with van der Waals surface area (Å²) in [7, 11) is 1.84. The van der Waals surface area contributed by atoms with Gasteiger partial charge in [-0.1, -0.05) is 55.9 Å². The Hall–Kier alpha value is -2.87. The zero-order valence-corrected chi connectivity index (χ0v) is 18.6. The molecule has 0 bridgehead atoms. The van der Waals surface area contributed by atoms with E-state index in [0.717, 1.165) is 16.8 Å². The van der Waals surface area contributed by atoms with E-state index in [0.29, 0.717) is 24.0 Å². The zero-order chi connectivity index (χ0) is 21.7. The lowest BCUT2D eigenvalue weighted by Gasteiger charge is -2.19. The standard InChI is InChI=1S/C22H27N5O2S/c1-15(2)12-27-21(29)19(10-18-13-26(4)25-16(18)3)24-22(27)30-14-20(28)23-11-17-8-6-5-7-9-17/h5-10,13,15H,11-12,14H2,1-4H3,(H,23,28)/b19-10+. The van der Waals surface area contributed by atoms with Crippen LogP contribution in [-0.4, -0.2) is 44.0 Å². The van der Waals surface area contributed by atoms with Gasteiger partial charge in [0.15, 0.2) is 5.17 Å². The fourth-order valence-corrected chi connectivity index (χ4v) is 3.89. The minimum absolute atomic E-state index is 0.0935. The highest BCUT2D eigenvalue weighted by molar-refractivity contribution is 8.14. The van der Waals surface area contributed by atoms with Crippen molar-refractivity contribution in [2.45, 2.75) is 27.3 Å². The summed E-state index contributed by atoms with van der Waals surface area (Å²) in [6.45, 7) is 7.03. The van der Waals surface area contributed by atoms with Crippen LogP contribution in [0.3, 0.4) is 0 Å². The molecule has 0 atom stereocenters. The summed E-state index contributed by atoms with van der Waals surface area (Å²) in [5.74, 6) is 0.251. The molecule has 2 amide bonds. The molecule has 0 spiro atoms. The van der Waals surface area contributed by atoms with Crippen LogP contribution in [0.1, 0.15) is 30.7 Å². The second-order valence-electron chi connectivity index (χ2n) is 7.63. The first kappa shape index (κ1) is 21.8. The molecule has 0 saturated carbocycles. The number of amidine groups is 1. The SMILES string of the molecule is Cc1nn(C)cc1/C=C1/N=C(SCC(=O)NCc2ccccc2)N(CC(C)C)C1=O. The molecule has 0 aliphatic carbocycles. The third kappa shape index (κ3) is 5.60. The van der Waals surface area contributed by atoms with E-state index in [2.05, 4.69) is 29.3 Å². The van der Waals surface area contributed by atoms with Crippen LogP contribution >= 0.6 is 11.8 Å². The molecular weight excluding hydrogens is 398 g/mol. The second-order valence-corrected chi connectivity index (χ2v) is 8.57. The van der Waals surface area contributed by atoms with Gasteiger partial charge in [-0.2, -0.15) is 5.10 Å². The van der Waals surface area contributed by atoms with Gasteiger partial charge in [0.25, 0.3) is 5.91 Å². The zero-order valence-electron chi connectivity index (χ0n) is 17.8. The van der Waals surface area contributed by atoms with E-state index in [1.54, 1.807) is 15.7 Å². The molecule has 0 fully saturated rings. The van der Waals surface area contributed by atoms with E-state index >= 15 is 0 Å². The molecule has 1 aliphatic heterocycles. The molecule has 1 aliphatic rings. The van der Waals surface area contributed by atoms with Crippen molar-refractivity contribution >= 4 is 34.8 Å². The van der Waals surface area contributed by atoms with Crippen LogP contribution in [0.4, 0.5) is 0 Å². The lowest BCUT2D eigenvalue weighted by molar-refractivity contribution is -0.123. The first-order valence-electron chi connectivity index (χ1n) is 9.89. The molecule has 0 unspecified atom stereocenters. The van der Waals surface area contributed by atoms with Gasteiger partial charge in [-0.3, -0.25) is 19.2 Å². The Morgan fingerprint density at radius 3 is 2.63 bits per heavy atom. The summed E-state index contributed by atoms with van der Waals surface area (Å²) in [6.07, 6.45) is 3.63. The number of hydrogen-bond acceptors (Lipinski definition) is 5. The van der Waals surface area contributed by atoms with Gasteiger partial charge < -0.3 is 5.32 Å². The number of carbonyl (C=O) groups is 2. The van der Waals surface area contributed by atoms with Gasteiger partial charge in [-0.25, -0.2) is 4.99 Å². The van der Waals surface area contributed by atoms with Gasteiger partial charge in [0.1, 0.15) is 5.70 Å². The summed E-state index contributed by atoms with van der Waals surface area (Å²) in [5.41, 5.74) is 3.12. The van der Waals surface area contributed by atoms with Crippen LogP contribution in [0.2, 0.25) is 0 Å². The highest BCUT2D eigenvalue weighted by Crippen LogP contribution is 2.25. The fraction of sp³-hybridized carbons (Fsp3) is 0.364. The van der Waals surface area contributed by atoms with Crippen molar-refractivity contribution in [1.82, 2.24) is 20.0 Å². The first-order chi connectivity index (χ1) is 14.3. The normalized spacial score (nSPS) is 15.2. The summed E-state index contributed by atoms with van der Waals surface area (Å²) in [5, 5.41) is 7.78. The number of nitrogens with zero attached hydrogens (tertiary/aromatic N) is 4. The third-order valence-electron chi connectivity index (χ3n) is 4.47. The number of benzene rings is 1. The number of aryl methyl sites for hydroxylation is 2. The average Bonchev–Trinajstić information content (AvgIpc) is 3.18. The van der Waals surface area contributed by atoms with Gasteiger partial charge in [0.2, 0.25) is 5.91 Å². The maximum atomic E-state index is 12.9. The molecule has 3 rings (SSSR count). The van der Waals surface area contributed by atoms with Crippen molar-refractivity contribution < 1.29 is 9.59 Å². The lowest BCUT2D eigenvalue weighted by atomic mass is 10.2. The molecule has 2 heterocycles. The third-order valence-corrected chi connectivity index (χ3v) is 5.44. The molecule has 1 aromatic heterocycles. The Bertz CT molecular complexity index is 979. The Labute approximate surface area is 181 Å². The smallest absolute Gasteiger partial charge is 0.278 e. The first-order valence-corrected chi connectivity index (χ1v) is 10.9. The molecule has 158 valence electrons. The largest absolute Gasteiger partial charge is 0.351 e. The van der Waals surface area contributed by atoms with E-state index < -0.39 is 0 Å². The lowest BCUT2D eigenvalue weighted by Crippen LogP contribution is -2.35. The summed E-state index contributed by atoms with van der Waals surface area (Å²) >= 11 is 1.29. The summed E-state index contributed by atoms with van der Waals surface area (Å²) in [6, 6.07) is 9.76. The summed E-state index contributed by atoms with van der Waals surface area (Å²) < 4.78 is 1.71. The minimum atomic E-state index is -0.140. The van der Waals surface area contributed by atoms with Gasteiger partial charge in [0, 0.05) is 31.9 Å². The summed E-state index contributed by atoms with van der Waals surface area (Å²) in [4.78, 5) is 31.4. The quantitative estimate of drug-likeness (QED) is 0.692. The molecule has 0 radical (unpaired) electrons. The van der Waals surface area contributed by atoms with Crippen LogP contribution in [0.15, 0.2) is 47.2 Å². The molecule has 1 aromatic carbocycles. The Morgan fingerprint density at radius 2 is 2.00 bits per heavy atom. The molecule has 8 heteroatoms. The fourth-order valence-electron chi connectivity index (χ4n) is 3.05. The van der Waals surface area contributed by atoms with Crippen molar-refractivity contribution in [1.29, 1.82) is 0 Å². The molecule has 2 aromatic rings. The number of nitrogens with one attached hydrogen (secondary N) is 1. The van der Waals surface area contributed by atoms with E-state index in [1.807, 2.05) is 50.5 Å². The van der Waals surface area contributed by atoms with E-state index in [4.69, 9.17) is 0 Å². The van der Waals surface area contributed by atoms with Gasteiger partial charge in [-0.15, -0.1) is 0 Å². The minimum Gasteiger partial charge on any atom is -0.351 e. The maximum absolute atomic E-state index is 12.9. The van der Waals surface area contributed by atoms with Gasteiger partial charge >= 0.3 is 0 Å². The molecular formula is C22H27N5O2S. The number of hydrogen-bond donors (Lipinski definition) is 1. The van der Waals surface area contributed by atoms with E-state index in [9.17, 15) is 9.59 Å². The van der Waals surface area contributed by atoms with Gasteiger partial charge in [-0.05, 0) is 24.5 Å². The van der Waals surface area contributed by atoms with Crippen LogP contribution in [0.25, 0.3) is 6.08 Å². The Balaban J connectivity index is 1.68. The highest BCUT2D eigenvalue weighted by Gasteiger charge is 2.31. The molecule has 7 nitrogen and oxygen atoms in total. The number of rotatable bonds is 7. The number of thioether (sulfide) groups is 1. The monoisotopic (exact) mass is 425 g/mol. The maximum Gasteiger partial charge on any atom is 0.278 e. The van der Waals surface area contributed by atoms with E-state index in [1.165, 1.54) is 11.8 Å². The number of aliphatic imine (C=N–C) groups is 1. The van der Waals surface area contributed by atoms with Gasteiger partial charge in [0.05, 0.1) is 11.4 Å². The van der Waals surface area contributed by atoms with Crippen molar-refractivity contribution in [2.75, 3.05) is 12.3 Å². The van der Waals surface area contributed by atoms with Crippen molar-refractivity contribution in [3.05, 3.63) is 59.0 Å². The predicted octanol–water partition coefficient (Wildman–Crippen LogP) is 2.97. The van der Waals surface area contributed by atoms with Crippen LogP contribution < -0.4 is 5.32 Å². The van der Waals surface area contributed by atoms with Crippen LogP contribution in [-0.2, 0) is 23.2 Å². The number of amides is 2. The van der Waals surface area contributed by atoms with Crippen LogP contribution in [0.5, 0.6) is 0 Å². The Morgan fingerprint density at radius 1 is 1.27 bits per heavy atom. The average molecular weight is 426 g/mol. The van der Waals surface area contributed by atoms with Crippen LogP contribution in [0, 0.1) is 12.8 Å². The number of carbonyl (C=O) groups excluding carboxylic acids is 2. The van der Waals surface area contributed by atoms with Crippen molar-refractivity contribution in [3.63, 3.8) is 0 Å². The Kier molecular flexibility index (Phi) is 7.10. The topological polar surface area (TPSA) is 79.6 Å². The number of aromatic nitrogens is 2. The molecule has 0 saturated heterocycles. The highest BCUT2D eigenvalue weighted by atomic mass is 32.2. The second kappa shape index (κ2) is 9.75. The molecule has 30 heavy (non-hydrogen) atoms. The van der Waals surface area contributed by atoms with Crippen molar-refractivity contribution in [3.8, 4) is 0 Å². The molecule has 1 N–H and O–H groups in total. The predicted molar refractivity (Wildman–Crippen MR) is 121 cm³/mol. The van der Waals surface area contributed by atoms with E-state index in [-0.39, 0.29) is 23.5 Å². The van der Waals surface area contributed by atoms with Crippen molar-refractivity contribution in [2.24, 2.45) is 18.0 Å².